The van der Waals surface area contributed by atoms with Crippen molar-refractivity contribution in [2.24, 2.45) is 0 Å². The molecule has 2 aromatic rings. The van der Waals surface area contributed by atoms with Gasteiger partial charge in [0.2, 0.25) is 0 Å². The molecule has 2 rings (SSSR count). The average Bonchev–Trinajstić information content (AvgIpc) is 2.59. The minimum Gasteiger partial charge on any atom is -0.0654 e. The fraction of sp³-hybridized carbons (Fsp3) is 0.455. The van der Waals surface area contributed by atoms with E-state index in [0.717, 1.165) is 0 Å². The summed E-state index contributed by atoms with van der Waals surface area (Å²) in [5.41, 5.74) is 2.98. The highest BCUT2D eigenvalue weighted by Crippen LogP contribution is 2.33. The van der Waals surface area contributed by atoms with E-state index in [0.29, 0.717) is 11.8 Å². The van der Waals surface area contributed by atoms with Gasteiger partial charge in [0.25, 0.3) is 0 Å². The van der Waals surface area contributed by atoms with Gasteiger partial charge in [-0.1, -0.05) is 100 Å². The Labute approximate surface area is 136 Å². The highest BCUT2D eigenvalue weighted by molar-refractivity contribution is 5.23. The van der Waals surface area contributed by atoms with Crippen LogP contribution in [0.4, 0.5) is 0 Å². The molecule has 0 saturated heterocycles. The fourth-order valence-corrected chi connectivity index (χ4v) is 3.31. The first-order valence-electron chi connectivity index (χ1n) is 8.91. The van der Waals surface area contributed by atoms with Crippen LogP contribution in [0.15, 0.2) is 60.7 Å². The number of unbranched alkanes of at least 4 members (excludes halogenated alkanes) is 3. The van der Waals surface area contributed by atoms with Crippen LogP contribution in [0.2, 0.25) is 0 Å². The minimum atomic E-state index is 0.623. The van der Waals surface area contributed by atoms with Crippen LogP contribution >= 0.6 is 0 Å². The van der Waals surface area contributed by atoms with Gasteiger partial charge in [0, 0.05) is 0 Å². The Morgan fingerprint density at radius 3 is 1.91 bits per heavy atom. The Kier molecular flexibility index (Phi) is 7.22. The first-order valence-corrected chi connectivity index (χ1v) is 8.91. The van der Waals surface area contributed by atoms with Gasteiger partial charge in [0.15, 0.2) is 0 Å². The van der Waals surface area contributed by atoms with Crippen molar-refractivity contribution in [3.63, 3.8) is 0 Å². The molecule has 0 saturated carbocycles. The first-order chi connectivity index (χ1) is 10.8. The molecule has 2 unspecified atom stereocenters. The van der Waals surface area contributed by atoms with Crippen molar-refractivity contribution in [1.82, 2.24) is 0 Å². The first kappa shape index (κ1) is 16.8. The van der Waals surface area contributed by atoms with E-state index in [4.69, 9.17) is 0 Å². The van der Waals surface area contributed by atoms with Crippen molar-refractivity contribution < 1.29 is 0 Å². The van der Waals surface area contributed by atoms with E-state index >= 15 is 0 Å². The molecule has 0 heterocycles. The number of rotatable bonds is 9. The monoisotopic (exact) mass is 294 g/mol. The van der Waals surface area contributed by atoms with Gasteiger partial charge in [-0.2, -0.15) is 0 Å². The number of hydrogen-bond donors (Lipinski definition) is 0. The zero-order valence-corrected chi connectivity index (χ0v) is 14.2. The molecule has 0 heteroatoms. The molecule has 118 valence electrons. The van der Waals surface area contributed by atoms with E-state index in [2.05, 4.69) is 74.5 Å². The van der Waals surface area contributed by atoms with Crippen LogP contribution in [-0.2, 0) is 0 Å². The third-order valence-corrected chi connectivity index (χ3v) is 4.68. The van der Waals surface area contributed by atoms with E-state index in [1.54, 1.807) is 0 Å². The van der Waals surface area contributed by atoms with Crippen LogP contribution in [0.3, 0.4) is 0 Å². The standard InChI is InChI=1S/C22H30/c1-3-4-5-8-17-22(21-15-11-7-12-16-21)18-19(2)20-13-9-6-10-14-20/h6-7,9-16,19,22H,3-5,8,17-18H2,1-2H3. The zero-order valence-electron chi connectivity index (χ0n) is 14.2. The molecule has 0 bridgehead atoms. The van der Waals surface area contributed by atoms with Gasteiger partial charge in [-0.3, -0.25) is 0 Å². The molecule has 0 amide bonds. The molecule has 0 N–H and O–H groups in total. The lowest BCUT2D eigenvalue weighted by molar-refractivity contribution is 0.493. The maximum absolute atomic E-state index is 2.37. The van der Waals surface area contributed by atoms with Crippen molar-refractivity contribution in [3.8, 4) is 0 Å². The van der Waals surface area contributed by atoms with Gasteiger partial charge in [-0.15, -0.1) is 0 Å². The van der Waals surface area contributed by atoms with Gasteiger partial charge in [-0.25, -0.2) is 0 Å². The Bertz CT molecular complexity index is 500. The summed E-state index contributed by atoms with van der Waals surface area (Å²) < 4.78 is 0. The molecule has 22 heavy (non-hydrogen) atoms. The number of hydrogen-bond acceptors (Lipinski definition) is 0. The van der Waals surface area contributed by atoms with Crippen molar-refractivity contribution in [3.05, 3.63) is 71.8 Å². The predicted molar refractivity (Wildman–Crippen MR) is 97.4 cm³/mol. The van der Waals surface area contributed by atoms with Gasteiger partial charge in [0.05, 0.1) is 0 Å². The van der Waals surface area contributed by atoms with Gasteiger partial charge < -0.3 is 0 Å². The summed E-state index contributed by atoms with van der Waals surface area (Å²) in [7, 11) is 0. The SMILES string of the molecule is CCCCCCC(CC(C)c1ccccc1)c1ccccc1. The molecule has 0 aliphatic heterocycles. The Morgan fingerprint density at radius 2 is 1.32 bits per heavy atom. The lowest BCUT2D eigenvalue weighted by atomic mass is 9.83. The fourth-order valence-electron chi connectivity index (χ4n) is 3.31. The number of benzene rings is 2. The van der Waals surface area contributed by atoms with Crippen LogP contribution in [0.25, 0.3) is 0 Å². The van der Waals surface area contributed by atoms with E-state index in [1.165, 1.54) is 49.7 Å². The normalized spacial score (nSPS) is 13.7. The molecule has 0 aliphatic rings. The molecular weight excluding hydrogens is 264 g/mol. The van der Waals surface area contributed by atoms with Crippen molar-refractivity contribution in [2.75, 3.05) is 0 Å². The quantitative estimate of drug-likeness (QED) is 0.440. The van der Waals surface area contributed by atoms with E-state index in [1.807, 2.05) is 0 Å². The summed E-state index contributed by atoms with van der Waals surface area (Å²) in [5, 5.41) is 0. The summed E-state index contributed by atoms with van der Waals surface area (Å²) in [6, 6.07) is 22.1. The second kappa shape index (κ2) is 9.46. The summed E-state index contributed by atoms with van der Waals surface area (Å²) in [4.78, 5) is 0. The maximum atomic E-state index is 2.37. The van der Waals surface area contributed by atoms with E-state index < -0.39 is 0 Å². The molecule has 0 radical (unpaired) electrons. The van der Waals surface area contributed by atoms with Crippen molar-refractivity contribution >= 4 is 0 Å². The molecular formula is C22H30. The Balaban J connectivity index is 2.01. The summed E-state index contributed by atoms with van der Waals surface area (Å²) >= 11 is 0. The minimum absolute atomic E-state index is 0.623. The third kappa shape index (κ3) is 5.33. The Morgan fingerprint density at radius 1 is 0.727 bits per heavy atom. The molecule has 0 spiro atoms. The molecule has 0 nitrogen and oxygen atoms in total. The molecule has 0 aliphatic carbocycles. The highest BCUT2D eigenvalue weighted by Gasteiger charge is 2.16. The molecule has 2 atom stereocenters. The predicted octanol–water partition coefficient (Wildman–Crippen LogP) is 6.93. The van der Waals surface area contributed by atoms with Crippen LogP contribution in [-0.4, -0.2) is 0 Å². The second-order valence-electron chi connectivity index (χ2n) is 6.50. The lowest BCUT2D eigenvalue weighted by Gasteiger charge is -2.22. The largest absolute Gasteiger partial charge is 0.0654 e. The summed E-state index contributed by atoms with van der Waals surface area (Å²) in [6.45, 7) is 4.66. The van der Waals surface area contributed by atoms with Crippen LogP contribution < -0.4 is 0 Å². The summed E-state index contributed by atoms with van der Waals surface area (Å²) in [6.07, 6.45) is 7.99. The topological polar surface area (TPSA) is 0 Å². The van der Waals surface area contributed by atoms with Crippen molar-refractivity contribution in [1.29, 1.82) is 0 Å². The van der Waals surface area contributed by atoms with Gasteiger partial charge >= 0.3 is 0 Å². The van der Waals surface area contributed by atoms with E-state index in [9.17, 15) is 0 Å². The average molecular weight is 294 g/mol. The maximum Gasteiger partial charge on any atom is -0.0156 e. The summed E-state index contributed by atoms with van der Waals surface area (Å²) in [5.74, 6) is 1.31. The van der Waals surface area contributed by atoms with Crippen LogP contribution in [0, 0.1) is 0 Å². The smallest absolute Gasteiger partial charge is 0.0156 e. The Hall–Kier alpha value is -1.56. The third-order valence-electron chi connectivity index (χ3n) is 4.68. The lowest BCUT2D eigenvalue weighted by Crippen LogP contribution is -2.05. The van der Waals surface area contributed by atoms with Crippen LogP contribution in [0.1, 0.15) is 75.3 Å². The zero-order chi connectivity index (χ0) is 15.6. The molecule has 0 aromatic heterocycles. The second-order valence-corrected chi connectivity index (χ2v) is 6.50. The van der Waals surface area contributed by atoms with Crippen molar-refractivity contribution in [2.45, 2.75) is 64.2 Å². The van der Waals surface area contributed by atoms with Gasteiger partial charge in [-0.05, 0) is 35.8 Å². The highest BCUT2D eigenvalue weighted by atomic mass is 14.2. The van der Waals surface area contributed by atoms with Gasteiger partial charge in [0.1, 0.15) is 0 Å². The molecule has 2 aromatic carbocycles. The molecule has 0 fully saturated rings. The van der Waals surface area contributed by atoms with E-state index in [-0.39, 0.29) is 0 Å². The van der Waals surface area contributed by atoms with Crippen LogP contribution in [0.5, 0.6) is 0 Å².